The first-order chi connectivity index (χ1) is 15.2. The molecule has 1 aliphatic rings. The number of hydrogen-bond donors (Lipinski definition) is 2. The van der Waals surface area contributed by atoms with Gasteiger partial charge in [0.2, 0.25) is 5.95 Å². The fourth-order valence-corrected chi connectivity index (χ4v) is 3.91. The summed E-state index contributed by atoms with van der Waals surface area (Å²) >= 11 is 0. The number of nitrogens with zero attached hydrogens (tertiary/aromatic N) is 6. The van der Waals surface area contributed by atoms with Gasteiger partial charge in [-0.1, -0.05) is 6.92 Å². The monoisotopic (exact) mass is 418 g/mol. The van der Waals surface area contributed by atoms with Crippen molar-refractivity contribution in [3.8, 4) is 22.4 Å². The average Bonchev–Trinajstić information content (AvgIpc) is 3.44. The molecule has 1 aliphatic heterocycles. The number of nitrogen functional groups attached to an aromatic ring is 1. The van der Waals surface area contributed by atoms with Crippen LogP contribution >= 0.6 is 0 Å². The lowest BCUT2D eigenvalue weighted by molar-refractivity contribution is 0.0360. The number of pyridine rings is 1. The summed E-state index contributed by atoms with van der Waals surface area (Å²) in [7, 11) is 0. The van der Waals surface area contributed by atoms with Crippen LogP contribution < -0.4 is 5.73 Å². The first-order valence-electron chi connectivity index (χ1n) is 10.6. The first-order valence-corrected chi connectivity index (χ1v) is 10.6. The van der Waals surface area contributed by atoms with E-state index in [4.69, 9.17) is 10.5 Å². The highest BCUT2D eigenvalue weighted by Crippen LogP contribution is 2.30. The molecule has 0 atom stereocenters. The minimum atomic E-state index is 0.286. The molecule has 4 aromatic rings. The van der Waals surface area contributed by atoms with Gasteiger partial charge in [-0.2, -0.15) is 5.10 Å². The Morgan fingerprint density at radius 2 is 1.97 bits per heavy atom. The normalized spacial score (nSPS) is 15.0. The van der Waals surface area contributed by atoms with Crippen molar-refractivity contribution >= 4 is 17.0 Å². The maximum absolute atomic E-state index is 5.92. The molecule has 9 nitrogen and oxygen atoms in total. The summed E-state index contributed by atoms with van der Waals surface area (Å²) in [5, 5.41) is 5.54. The van der Waals surface area contributed by atoms with Crippen molar-refractivity contribution in [2.75, 3.05) is 38.6 Å². The lowest BCUT2D eigenvalue weighted by atomic mass is 10.1. The summed E-state index contributed by atoms with van der Waals surface area (Å²) in [6, 6.07) is 4.11. The van der Waals surface area contributed by atoms with Crippen molar-refractivity contribution in [3.63, 3.8) is 0 Å². The molecule has 0 saturated carbocycles. The Morgan fingerprint density at radius 1 is 1.10 bits per heavy atom. The van der Waals surface area contributed by atoms with Crippen LogP contribution in [0.25, 0.3) is 33.4 Å². The number of nitrogens with two attached hydrogens (primary N) is 1. The topological polar surface area (TPSA) is 111 Å². The molecule has 0 spiro atoms. The van der Waals surface area contributed by atoms with Crippen LogP contribution in [-0.4, -0.2) is 67.5 Å². The quantitative estimate of drug-likeness (QED) is 0.494. The van der Waals surface area contributed by atoms with E-state index in [9.17, 15) is 0 Å². The number of morpholine rings is 1. The van der Waals surface area contributed by atoms with Crippen molar-refractivity contribution in [1.29, 1.82) is 0 Å². The van der Waals surface area contributed by atoms with Gasteiger partial charge in [-0.05, 0) is 18.6 Å². The zero-order valence-electron chi connectivity index (χ0n) is 17.6. The summed E-state index contributed by atoms with van der Waals surface area (Å²) in [5.41, 5.74) is 11.5. The molecule has 5 heterocycles. The number of hydrogen-bond acceptors (Lipinski definition) is 7. The van der Waals surface area contributed by atoms with Crippen molar-refractivity contribution in [1.82, 2.24) is 34.6 Å². The third kappa shape index (κ3) is 4.14. The summed E-state index contributed by atoms with van der Waals surface area (Å²) < 4.78 is 7.41. The highest BCUT2D eigenvalue weighted by atomic mass is 16.5. The fraction of sp³-hybridized carbons (Fsp3) is 0.364. The second-order valence-electron chi connectivity index (χ2n) is 7.72. The lowest BCUT2D eigenvalue weighted by Gasteiger charge is -2.26. The molecule has 4 aromatic heterocycles. The maximum atomic E-state index is 5.92. The van der Waals surface area contributed by atoms with E-state index in [1.807, 2.05) is 29.3 Å². The van der Waals surface area contributed by atoms with Crippen molar-refractivity contribution in [2.45, 2.75) is 19.9 Å². The summed E-state index contributed by atoms with van der Waals surface area (Å²) in [6.45, 7) is 7.47. The lowest BCUT2D eigenvalue weighted by Crippen LogP contribution is -2.38. The number of ether oxygens (including phenoxy) is 1. The first kappa shape index (κ1) is 19.7. The van der Waals surface area contributed by atoms with Crippen LogP contribution in [0.2, 0.25) is 0 Å². The van der Waals surface area contributed by atoms with E-state index in [1.54, 1.807) is 0 Å². The zero-order chi connectivity index (χ0) is 21.2. The third-order valence-corrected chi connectivity index (χ3v) is 5.68. The molecular weight excluding hydrogens is 392 g/mol. The van der Waals surface area contributed by atoms with Crippen LogP contribution in [0.15, 0.2) is 36.9 Å². The SMILES string of the molecule is CCc1cc(-c2c[nH]c3ncc(-c4cnn(CCN5CCOCC5)c4)cc23)nc(N)n1. The molecule has 5 rings (SSSR count). The number of rotatable bonds is 6. The highest BCUT2D eigenvalue weighted by molar-refractivity contribution is 5.95. The Kier molecular flexibility index (Phi) is 5.35. The van der Waals surface area contributed by atoms with Gasteiger partial charge in [0.1, 0.15) is 5.65 Å². The van der Waals surface area contributed by atoms with E-state index in [0.29, 0.717) is 0 Å². The summed E-state index contributed by atoms with van der Waals surface area (Å²) in [6.07, 6.45) is 8.57. The largest absolute Gasteiger partial charge is 0.379 e. The Bertz CT molecular complexity index is 1190. The van der Waals surface area contributed by atoms with E-state index in [-0.39, 0.29) is 5.95 Å². The van der Waals surface area contributed by atoms with Gasteiger partial charge in [-0.3, -0.25) is 9.58 Å². The van der Waals surface area contributed by atoms with Gasteiger partial charge in [0.05, 0.1) is 31.6 Å². The van der Waals surface area contributed by atoms with Crippen LogP contribution in [0.3, 0.4) is 0 Å². The third-order valence-electron chi connectivity index (χ3n) is 5.68. The molecule has 0 aliphatic carbocycles. The van der Waals surface area contributed by atoms with Gasteiger partial charge in [-0.25, -0.2) is 15.0 Å². The van der Waals surface area contributed by atoms with Crippen LogP contribution in [0.4, 0.5) is 5.95 Å². The van der Waals surface area contributed by atoms with Gasteiger partial charge in [-0.15, -0.1) is 0 Å². The van der Waals surface area contributed by atoms with Crippen molar-refractivity contribution < 1.29 is 4.74 Å². The Hall–Kier alpha value is -3.30. The number of aryl methyl sites for hydroxylation is 1. The average molecular weight is 419 g/mol. The molecule has 31 heavy (non-hydrogen) atoms. The van der Waals surface area contributed by atoms with Crippen molar-refractivity contribution in [2.24, 2.45) is 0 Å². The molecule has 0 bridgehead atoms. The summed E-state index contributed by atoms with van der Waals surface area (Å²) in [5.74, 6) is 0.286. The number of fused-ring (bicyclic) bond motifs is 1. The van der Waals surface area contributed by atoms with E-state index in [0.717, 1.165) is 84.9 Å². The Labute approximate surface area is 180 Å². The number of nitrogens with one attached hydrogen (secondary N) is 1. The van der Waals surface area contributed by atoms with Gasteiger partial charge >= 0.3 is 0 Å². The molecule has 9 heteroatoms. The predicted molar refractivity (Wildman–Crippen MR) is 119 cm³/mol. The highest BCUT2D eigenvalue weighted by Gasteiger charge is 2.14. The predicted octanol–water partition coefficient (Wildman–Crippen LogP) is 2.36. The summed E-state index contributed by atoms with van der Waals surface area (Å²) in [4.78, 5) is 19.0. The maximum Gasteiger partial charge on any atom is 0.220 e. The van der Waals surface area contributed by atoms with Gasteiger partial charge < -0.3 is 15.5 Å². The van der Waals surface area contributed by atoms with Gasteiger partial charge in [0.15, 0.2) is 0 Å². The van der Waals surface area contributed by atoms with Crippen LogP contribution in [0.5, 0.6) is 0 Å². The van der Waals surface area contributed by atoms with Crippen LogP contribution in [0.1, 0.15) is 12.6 Å². The smallest absolute Gasteiger partial charge is 0.220 e. The second kappa shape index (κ2) is 8.44. The van der Waals surface area contributed by atoms with E-state index >= 15 is 0 Å². The van der Waals surface area contributed by atoms with Gasteiger partial charge in [0.25, 0.3) is 0 Å². The molecule has 0 amide bonds. The van der Waals surface area contributed by atoms with E-state index < -0.39 is 0 Å². The standard InChI is InChI=1S/C22H26N8O/c1-2-17-10-20(28-22(23)27-17)19-13-25-21-18(19)9-15(11-24-21)16-12-26-30(14-16)4-3-29-5-7-31-8-6-29/h9-14H,2-8H2,1H3,(H,24,25)(H2,23,27,28). The Morgan fingerprint density at radius 3 is 2.81 bits per heavy atom. The molecular formula is C22H26N8O. The minimum absolute atomic E-state index is 0.286. The van der Waals surface area contributed by atoms with Gasteiger partial charge in [0, 0.05) is 66.0 Å². The minimum Gasteiger partial charge on any atom is -0.379 e. The molecule has 1 saturated heterocycles. The molecule has 0 aromatic carbocycles. The molecule has 160 valence electrons. The number of H-pyrrole nitrogens is 1. The molecule has 1 fully saturated rings. The van der Waals surface area contributed by atoms with Crippen molar-refractivity contribution in [3.05, 3.63) is 42.6 Å². The Balaban J connectivity index is 1.41. The second-order valence-corrected chi connectivity index (χ2v) is 7.72. The number of aromatic nitrogens is 6. The van der Waals surface area contributed by atoms with E-state index in [1.165, 1.54) is 0 Å². The van der Waals surface area contributed by atoms with E-state index in [2.05, 4.69) is 49.1 Å². The fourth-order valence-electron chi connectivity index (χ4n) is 3.91. The molecule has 0 unspecified atom stereocenters. The van der Waals surface area contributed by atoms with Crippen LogP contribution in [0, 0.1) is 0 Å². The van der Waals surface area contributed by atoms with Crippen LogP contribution in [-0.2, 0) is 17.7 Å². The number of anilines is 1. The molecule has 3 N–H and O–H groups in total. The number of aromatic amines is 1. The molecule has 0 radical (unpaired) electrons. The zero-order valence-corrected chi connectivity index (χ0v) is 17.6.